The number of nitrogens with zero attached hydrogens (tertiary/aromatic N) is 2. The number of hydrogen-bond donors (Lipinski definition) is 2. The van der Waals surface area contributed by atoms with Crippen LogP contribution in [-0.2, 0) is 0 Å². The summed E-state index contributed by atoms with van der Waals surface area (Å²) in [4.78, 5) is 28.0. The molecule has 33 heavy (non-hydrogen) atoms. The van der Waals surface area contributed by atoms with E-state index in [9.17, 15) is 19.8 Å². The molecule has 2 aliphatic heterocycles. The Hall–Kier alpha value is -2.52. The monoisotopic (exact) mass is 476 g/mol. The lowest BCUT2D eigenvalue weighted by Gasteiger charge is -2.42. The van der Waals surface area contributed by atoms with E-state index in [0.717, 1.165) is 10.5 Å². The fourth-order valence-corrected chi connectivity index (χ4v) is 10.9. The van der Waals surface area contributed by atoms with Gasteiger partial charge in [-0.15, -0.1) is 0 Å². The fraction of sp³-hybridized carbons (Fsp3) is 0.583. The molecule has 1 unspecified atom stereocenters. The molecule has 9 heteroatoms. The molecule has 3 rings (SSSR count). The van der Waals surface area contributed by atoms with Gasteiger partial charge in [-0.25, -0.2) is 9.69 Å². The van der Waals surface area contributed by atoms with E-state index in [4.69, 9.17) is 9.16 Å². The van der Waals surface area contributed by atoms with Crippen LogP contribution in [0.4, 0.5) is 10.5 Å². The molecule has 1 aromatic rings. The summed E-state index contributed by atoms with van der Waals surface area (Å²) in [6, 6.07) is 2.41. The lowest BCUT2D eigenvalue weighted by Crippen LogP contribution is -2.51. The molecule has 182 valence electrons. The van der Waals surface area contributed by atoms with Gasteiger partial charge in [-0.1, -0.05) is 47.1 Å². The number of rotatable bonds is 6. The van der Waals surface area contributed by atoms with Crippen LogP contribution in [0.5, 0.6) is 11.5 Å². The van der Waals surface area contributed by atoms with Crippen LogP contribution in [0, 0.1) is 0 Å². The summed E-state index contributed by atoms with van der Waals surface area (Å²) in [6.07, 6.45) is -0.671. The highest BCUT2D eigenvalue weighted by Crippen LogP contribution is 2.47. The Bertz CT molecular complexity index is 952. The highest BCUT2D eigenvalue weighted by Gasteiger charge is 2.49. The second-order valence-corrected chi connectivity index (χ2v) is 15.3. The third kappa shape index (κ3) is 4.01. The normalized spacial score (nSPS) is 20.7. The second-order valence-electron chi connectivity index (χ2n) is 9.97. The summed E-state index contributed by atoms with van der Waals surface area (Å²) in [6.45, 7) is 14.8. The van der Waals surface area contributed by atoms with Gasteiger partial charge < -0.3 is 24.3 Å². The van der Waals surface area contributed by atoms with Crippen molar-refractivity contribution in [2.24, 2.45) is 0 Å². The molecule has 0 aromatic heterocycles. The minimum Gasteiger partial charge on any atom is -0.540 e. The standard InChI is InChI=1S/C24H36N2O6Si/c1-13(2)33(14(3)4,15(5)6)32-21-11-18-17(10-20(21)31-8)22(27)25-12-16(7)9-19(25)23(28)26(18)24(29)30/h10-15,19,23,28H,9H2,1-8H3,(H,29,30)/t19-,23?/m0/s1. The van der Waals surface area contributed by atoms with Crippen LogP contribution in [0.3, 0.4) is 0 Å². The van der Waals surface area contributed by atoms with Gasteiger partial charge in [0.05, 0.1) is 24.4 Å². The Balaban J connectivity index is 2.24. The maximum absolute atomic E-state index is 13.4. The minimum absolute atomic E-state index is 0.107. The number of aliphatic hydroxyl groups is 1. The van der Waals surface area contributed by atoms with Crippen molar-refractivity contribution in [1.82, 2.24) is 4.90 Å². The molecule has 1 aromatic carbocycles. The number of carbonyl (C=O) groups is 2. The molecule has 0 spiro atoms. The number of anilines is 1. The van der Waals surface area contributed by atoms with Crippen molar-refractivity contribution < 1.29 is 29.0 Å². The molecule has 2 heterocycles. The molecule has 0 aliphatic carbocycles. The zero-order chi connectivity index (χ0) is 24.8. The predicted octanol–water partition coefficient (Wildman–Crippen LogP) is 5.18. The second kappa shape index (κ2) is 9.02. The summed E-state index contributed by atoms with van der Waals surface area (Å²) in [7, 11) is -0.897. The Morgan fingerprint density at radius 3 is 2.15 bits per heavy atom. The fourth-order valence-electron chi connectivity index (χ4n) is 5.65. The number of carboxylic acid groups (broad SMARTS) is 1. The van der Waals surface area contributed by atoms with Crippen LogP contribution in [-0.4, -0.2) is 54.8 Å². The van der Waals surface area contributed by atoms with Crippen molar-refractivity contribution in [2.75, 3.05) is 12.0 Å². The van der Waals surface area contributed by atoms with E-state index in [-0.39, 0.29) is 33.8 Å². The van der Waals surface area contributed by atoms with Gasteiger partial charge in [-0.3, -0.25) is 4.79 Å². The van der Waals surface area contributed by atoms with Crippen molar-refractivity contribution in [3.8, 4) is 11.5 Å². The van der Waals surface area contributed by atoms with Crippen molar-refractivity contribution in [3.63, 3.8) is 0 Å². The van der Waals surface area contributed by atoms with Crippen molar-refractivity contribution >= 4 is 26.0 Å². The van der Waals surface area contributed by atoms with Crippen molar-refractivity contribution in [1.29, 1.82) is 0 Å². The number of amides is 2. The largest absolute Gasteiger partial charge is 0.540 e. The number of hydrogen-bond acceptors (Lipinski definition) is 5. The molecular formula is C24H36N2O6Si. The van der Waals surface area contributed by atoms with Crippen molar-refractivity contribution in [3.05, 3.63) is 29.5 Å². The summed E-state index contributed by atoms with van der Waals surface area (Å²) in [5.41, 5.74) is 2.00. The lowest BCUT2D eigenvalue weighted by atomic mass is 10.1. The van der Waals surface area contributed by atoms with Crippen LogP contribution in [0.25, 0.3) is 0 Å². The first-order valence-corrected chi connectivity index (χ1v) is 13.6. The molecule has 0 saturated heterocycles. The van der Waals surface area contributed by atoms with E-state index in [2.05, 4.69) is 41.5 Å². The van der Waals surface area contributed by atoms with Gasteiger partial charge in [0.1, 0.15) is 5.75 Å². The summed E-state index contributed by atoms with van der Waals surface area (Å²) in [5, 5.41) is 21.1. The Morgan fingerprint density at radius 2 is 1.67 bits per heavy atom. The molecule has 2 N–H and O–H groups in total. The van der Waals surface area contributed by atoms with E-state index >= 15 is 0 Å². The Kier molecular flexibility index (Phi) is 6.86. The summed E-state index contributed by atoms with van der Waals surface area (Å²) < 4.78 is 12.4. The van der Waals surface area contributed by atoms with Gasteiger partial charge in [0.25, 0.3) is 14.2 Å². The minimum atomic E-state index is -2.40. The predicted molar refractivity (Wildman–Crippen MR) is 130 cm³/mol. The van der Waals surface area contributed by atoms with E-state index in [1.807, 2.05) is 6.92 Å². The molecule has 8 nitrogen and oxygen atoms in total. The maximum atomic E-state index is 13.4. The van der Waals surface area contributed by atoms with E-state index in [0.29, 0.717) is 17.9 Å². The SMILES string of the molecule is COc1cc2c(cc1O[Si](C(C)C)(C(C)C)C(C)C)N(C(=O)O)C(O)[C@@H]1CC(C)=CN1C2=O. The topological polar surface area (TPSA) is 99.5 Å². The van der Waals surface area contributed by atoms with Gasteiger partial charge in [0.2, 0.25) is 0 Å². The highest BCUT2D eigenvalue weighted by atomic mass is 28.4. The van der Waals surface area contributed by atoms with Crippen LogP contribution < -0.4 is 14.1 Å². The summed E-state index contributed by atoms with van der Waals surface area (Å²) in [5.74, 6) is 0.401. The van der Waals surface area contributed by atoms with Gasteiger partial charge >= 0.3 is 6.09 Å². The zero-order valence-corrected chi connectivity index (χ0v) is 21.7. The average molecular weight is 477 g/mol. The lowest BCUT2D eigenvalue weighted by molar-refractivity contribution is 0.0573. The molecule has 0 fully saturated rings. The number of ether oxygens (including phenoxy) is 1. The van der Waals surface area contributed by atoms with Crippen LogP contribution in [0.2, 0.25) is 16.6 Å². The quantitative estimate of drug-likeness (QED) is 0.549. The molecule has 0 radical (unpaired) electrons. The highest BCUT2D eigenvalue weighted by molar-refractivity contribution is 6.78. The third-order valence-electron chi connectivity index (χ3n) is 7.06. The van der Waals surface area contributed by atoms with E-state index in [1.54, 1.807) is 18.3 Å². The third-order valence-corrected chi connectivity index (χ3v) is 13.1. The average Bonchev–Trinajstić information content (AvgIpc) is 3.09. The van der Waals surface area contributed by atoms with Crippen LogP contribution in [0.15, 0.2) is 23.9 Å². The maximum Gasteiger partial charge on any atom is 0.414 e. The van der Waals surface area contributed by atoms with Crippen LogP contribution in [0.1, 0.15) is 65.2 Å². The molecular weight excluding hydrogens is 440 g/mol. The Labute approximate surface area is 196 Å². The first kappa shape index (κ1) is 25.1. The number of carbonyl (C=O) groups excluding carboxylic acids is 1. The van der Waals surface area contributed by atoms with Gasteiger partial charge in [0, 0.05) is 12.3 Å². The van der Waals surface area contributed by atoms with Gasteiger partial charge in [-0.05, 0) is 36.0 Å². The smallest absolute Gasteiger partial charge is 0.414 e. The molecule has 2 aliphatic rings. The first-order chi connectivity index (χ1) is 15.4. The zero-order valence-electron chi connectivity index (χ0n) is 20.7. The molecule has 0 saturated carbocycles. The van der Waals surface area contributed by atoms with Crippen LogP contribution >= 0.6 is 0 Å². The number of benzene rings is 1. The van der Waals surface area contributed by atoms with E-state index < -0.39 is 26.7 Å². The first-order valence-electron chi connectivity index (χ1n) is 11.5. The summed E-state index contributed by atoms with van der Waals surface area (Å²) >= 11 is 0. The Morgan fingerprint density at radius 1 is 1.09 bits per heavy atom. The van der Waals surface area contributed by atoms with E-state index in [1.165, 1.54) is 12.0 Å². The number of fused-ring (bicyclic) bond motifs is 2. The number of aliphatic hydroxyl groups excluding tert-OH is 1. The van der Waals surface area contributed by atoms with Gasteiger partial charge in [0.15, 0.2) is 12.0 Å². The molecule has 2 amide bonds. The van der Waals surface area contributed by atoms with Crippen molar-refractivity contribution in [2.45, 2.75) is 83.8 Å². The molecule has 0 bridgehead atoms. The molecule has 2 atom stereocenters. The van der Waals surface area contributed by atoms with Gasteiger partial charge in [-0.2, -0.15) is 0 Å². The number of methoxy groups -OCH3 is 1.